The van der Waals surface area contributed by atoms with Gasteiger partial charge in [0.1, 0.15) is 0 Å². The van der Waals surface area contributed by atoms with Gasteiger partial charge in [0.2, 0.25) is 0 Å². The monoisotopic (exact) mass is 323 g/mol. The van der Waals surface area contributed by atoms with E-state index in [0.29, 0.717) is 11.4 Å². The largest absolute Gasteiger partial charge is 0.367 e. The van der Waals surface area contributed by atoms with E-state index in [2.05, 4.69) is 10.3 Å². The molecular weight excluding hydrogens is 312 g/mol. The lowest BCUT2D eigenvalue weighted by molar-refractivity contribution is 0.248. The molecule has 0 unspecified atom stereocenters. The fraction of sp³-hybridized carbons (Fsp3) is 0. The molecule has 7 heteroatoms. The van der Waals surface area contributed by atoms with Gasteiger partial charge in [-0.05, 0) is 11.4 Å². The molecule has 2 amide bonds. The Kier molecular flexibility index (Phi) is 3.13. The molecule has 1 N–H and O–H groups in total. The third-order valence-electron chi connectivity index (χ3n) is 3.49. The molecule has 4 rings (SSSR count). The number of nitrogens with zero attached hydrogens (tertiary/aromatic N) is 3. The minimum Gasteiger partial charge on any atom is -0.304 e. The van der Waals surface area contributed by atoms with Gasteiger partial charge in [0.05, 0.1) is 23.8 Å². The molecule has 0 fully saturated rings. The maximum absolute atomic E-state index is 12.2. The number of urea groups is 1. The molecule has 0 saturated carbocycles. The molecule has 0 bridgehead atoms. The summed E-state index contributed by atoms with van der Waals surface area (Å²) in [5, 5.41) is 9.06. The van der Waals surface area contributed by atoms with Crippen molar-refractivity contribution in [2.45, 2.75) is 0 Å². The van der Waals surface area contributed by atoms with Crippen LogP contribution in [0.25, 0.3) is 17.0 Å². The fourth-order valence-electron chi connectivity index (χ4n) is 2.37. The SMILES string of the molecule is O=C1[N]C(c2ccccc2)=CN1n1cc(-c2ccsc2)[nH]c1=O. The van der Waals surface area contributed by atoms with Crippen LogP contribution in [-0.2, 0) is 0 Å². The van der Waals surface area contributed by atoms with E-state index in [4.69, 9.17) is 0 Å². The normalized spacial score (nSPS) is 14.0. The number of rotatable bonds is 3. The molecule has 1 aliphatic heterocycles. The van der Waals surface area contributed by atoms with Crippen LogP contribution in [0.5, 0.6) is 0 Å². The second-order valence-electron chi connectivity index (χ2n) is 4.95. The summed E-state index contributed by atoms with van der Waals surface area (Å²) in [7, 11) is 0. The molecule has 6 nitrogen and oxygen atoms in total. The maximum atomic E-state index is 12.2. The Balaban J connectivity index is 1.72. The lowest BCUT2D eigenvalue weighted by Crippen LogP contribution is -2.39. The number of carbonyl (C=O) groups excluding carboxylic acids is 1. The lowest BCUT2D eigenvalue weighted by Gasteiger charge is -2.10. The van der Waals surface area contributed by atoms with Crippen LogP contribution in [0, 0.1) is 0 Å². The summed E-state index contributed by atoms with van der Waals surface area (Å²) in [6, 6.07) is 10.8. The summed E-state index contributed by atoms with van der Waals surface area (Å²) in [6.07, 6.45) is 3.16. The quantitative estimate of drug-likeness (QED) is 0.804. The second kappa shape index (κ2) is 5.29. The minimum absolute atomic E-state index is 0.389. The van der Waals surface area contributed by atoms with Crippen molar-refractivity contribution in [1.29, 1.82) is 0 Å². The first-order valence-electron chi connectivity index (χ1n) is 6.89. The average Bonchev–Trinajstić information content (AvgIpc) is 3.28. The molecule has 1 aromatic carbocycles. The van der Waals surface area contributed by atoms with E-state index >= 15 is 0 Å². The van der Waals surface area contributed by atoms with Gasteiger partial charge < -0.3 is 4.98 Å². The van der Waals surface area contributed by atoms with Gasteiger partial charge in [-0.1, -0.05) is 30.3 Å². The average molecular weight is 323 g/mol. The Labute approximate surface area is 135 Å². The topological polar surface area (TPSA) is 72.2 Å². The van der Waals surface area contributed by atoms with Crippen LogP contribution in [0.3, 0.4) is 0 Å². The van der Waals surface area contributed by atoms with Crippen molar-refractivity contribution >= 4 is 23.1 Å². The molecule has 23 heavy (non-hydrogen) atoms. The van der Waals surface area contributed by atoms with Gasteiger partial charge in [0.25, 0.3) is 0 Å². The van der Waals surface area contributed by atoms with E-state index in [0.717, 1.165) is 11.1 Å². The number of carbonyl (C=O) groups is 1. The first-order chi connectivity index (χ1) is 11.2. The summed E-state index contributed by atoms with van der Waals surface area (Å²) < 4.78 is 1.23. The number of hydrogen-bond acceptors (Lipinski definition) is 3. The number of benzene rings is 1. The van der Waals surface area contributed by atoms with Gasteiger partial charge in [-0.15, -0.1) is 0 Å². The van der Waals surface area contributed by atoms with Crippen LogP contribution < -0.4 is 16.0 Å². The highest BCUT2D eigenvalue weighted by atomic mass is 32.1. The Morgan fingerprint density at radius 2 is 1.87 bits per heavy atom. The number of aromatic amines is 1. The summed E-state index contributed by atoms with van der Waals surface area (Å²) in [4.78, 5) is 27.0. The van der Waals surface area contributed by atoms with E-state index in [9.17, 15) is 9.59 Å². The lowest BCUT2D eigenvalue weighted by atomic mass is 10.2. The Hall–Kier alpha value is -3.06. The molecule has 3 aromatic rings. The Morgan fingerprint density at radius 3 is 2.61 bits per heavy atom. The number of amides is 2. The smallest absolute Gasteiger partial charge is 0.304 e. The van der Waals surface area contributed by atoms with Crippen LogP contribution >= 0.6 is 11.3 Å². The summed E-state index contributed by atoms with van der Waals surface area (Å²) >= 11 is 1.54. The summed E-state index contributed by atoms with van der Waals surface area (Å²) in [5.74, 6) is 0. The van der Waals surface area contributed by atoms with Gasteiger partial charge in [-0.2, -0.15) is 26.3 Å². The minimum atomic E-state index is -0.498. The number of imidazole rings is 1. The van der Waals surface area contributed by atoms with Crippen molar-refractivity contribution < 1.29 is 4.79 Å². The van der Waals surface area contributed by atoms with Crippen LogP contribution in [0.15, 0.2) is 64.3 Å². The molecule has 0 saturated heterocycles. The molecule has 0 atom stereocenters. The molecule has 0 spiro atoms. The van der Waals surface area contributed by atoms with E-state index in [-0.39, 0.29) is 5.69 Å². The number of thiophene rings is 1. The highest BCUT2D eigenvalue weighted by Crippen LogP contribution is 2.21. The van der Waals surface area contributed by atoms with Gasteiger partial charge in [0, 0.05) is 16.5 Å². The third-order valence-corrected chi connectivity index (χ3v) is 4.17. The first-order valence-corrected chi connectivity index (χ1v) is 7.83. The van der Waals surface area contributed by atoms with E-state index in [1.165, 1.54) is 21.0 Å². The summed E-state index contributed by atoms with van der Waals surface area (Å²) in [6.45, 7) is 0. The molecule has 1 aliphatic rings. The van der Waals surface area contributed by atoms with Crippen molar-refractivity contribution in [1.82, 2.24) is 15.0 Å². The highest BCUT2D eigenvalue weighted by Gasteiger charge is 2.27. The van der Waals surface area contributed by atoms with Gasteiger partial charge in [0.15, 0.2) is 0 Å². The predicted molar refractivity (Wildman–Crippen MR) is 88.5 cm³/mol. The number of aromatic nitrogens is 2. The third kappa shape index (κ3) is 2.36. The van der Waals surface area contributed by atoms with Crippen molar-refractivity contribution in [2.24, 2.45) is 0 Å². The highest BCUT2D eigenvalue weighted by molar-refractivity contribution is 7.08. The van der Waals surface area contributed by atoms with Crippen molar-refractivity contribution in [3.8, 4) is 11.3 Å². The van der Waals surface area contributed by atoms with E-state index < -0.39 is 6.03 Å². The molecular formula is C16H11N4O2S. The Bertz CT molecular complexity index is 938. The molecule has 2 aromatic heterocycles. The van der Waals surface area contributed by atoms with Crippen LogP contribution in [0.2, 0.25) is 0 Å². The maximum Gasteiger partial charge on any atom is 0.367 e. The molecule has 0 aliphatic carbocycles. The van der Waals surface area contributed by atoms with Crippen LogP contribution in [0.1, 0.15) is 5.56 Å². The van der Waals surface area contributed by atoms with E-state index in [1.54, 1.807) is 12.4 Å². The molecule has 3 heterocycles. The zero-order chi connectivity index (χ0) is 15.8. The summed E-state index contributed by atoms with van der Waals surface area (Å²) in [5.41, 5.74) is 2.53. The van der Waals surface area contributed by atoms with Crippen molar-refractivity contribution in [3.63, 3.8) is 0 Å². The number of nitrogens with one attached hydrogen (secondary N) is 1. The second-order valence-corrected chi connectivity index (χ2v) is 5.73. The van der Waals surface area contributed by atoms with Crippen molar-refractivity contribution in [3.05, 3.63) is 75.6 Å². The van der Waals surface area contributed by atoms with Crippen LogP contribution in [0.4, 0.5) is 4.79 Å². The Morgan fingerprint density at radius 1 is 1.04 bits per heavy atom. The number of hydrogen-bond donors (Lipinski definition) is 1. The predicted octanol–water partition coefficient (Wildman–Crippen LogP) is 2.58. The van der Waals surface area contributed by atoms with Gasteiger partial charge >= 0.3 is 11.7 Å². The molecule has 1 radical (unpaired) electrons. The van der Waals surface area contributed by atoms with Gasteiger partial charge in [-0.25, -0.2) is 9.59 Å². The standard InChI is InChI=1S/C16H11N4O2S/c21-15-17-13(11-4-2-1-3-5-11)8-19(15)20-9-14(18-16(20)22)12-6-7-23-10-12/h1-10H,(H,18,22). The molecule has 113 valence electrons. The zero-order valence-electron chi connectivity index (χ0n) is 11.8. The van der Waals surface area contributed by atoms with E-state index in [1.807, 2.05) is 47.2 Å². The van der Waals surface area contributed by atoms with Gasteiger partial charge in [-0.3, -0.25) is 0 Å². The zero-order valence-corrected chi connectivity index (χ0v) is 12.7. The first kappa shape index (κ1) is 13.6. The fourth-order valence-corrected chi connectivity index (χ4v) is 3.02. The number of H-pyrrole nitrogens is 1. The van der Waals surface area contributed by atoms with Crippen LogP contribution in [-0.4, -0.2) is 15.7 Å². The van der Waals surface area contributed by atoms with Crippen molar-refractivity contribution in [2.75, 3.05) is 5.01 Å².